The average molecular weight is 351 g/mol. The zero-order chi connectivity index (χ0) is 18.4. The minimum absolute atomic E-state index is 0.0566. The van der Waals surface area contributed by atoms with Gasteiger partial charge < -0.3 is 10.2 Å². The number of nitrogens with one attached hydrogen (secondary N) is 1. The molecule has 1 aliphatic heterocycles. The minimum Gasteiger partial charge on any atom is -0.357 e. The van der Waals surface area contributed by atoms with E-state index in [0.29, 0.717) is 18.9 Å². The van der Waals surface area contributed by atoms with Crippen LogP contribution in [0.3, 0.4) is 0 Å². The average Bonchev–Trinajstić information content (AvgIpc) is 3.16. The highest BCUT2D eigenvalue weighted by atomic mass is 16.1. The zero-order valence-electron chi connectivity index (χ0n) is 15.9. The lowest BCUT2D eigenvalue weighted by molar-refractivity contribution is -0.120. The maximum Gasteiger partial charge on any atom is 0.224 e. The van der Waals surface area contributed by atoms with Crippen LogP contribution in [0.15, 0.2) is 42.6 Å². The first-order chi connectivity index (χ1) is 12.6. The van der Waals surface area contributed by atoms with Gasteiger partial charge in [0.05, 0.1) is 6.42 Å². The van der Waals surface area contributed by atoms with Gasteiger partial charge in [-0.15, -0.1) is 0 Å². The predicted octanol–water partition coefficient (Wildman–Crippen LogP) is 3.74. The predicted molar refractivity (Wildman–Crippen MR) is 106 cm³/mol. The van der Waals surface area contributed by atoms with E-state index in [9.17, 15) is 4.79 Å². The summed E-state index contributed by atoms with van der Waals surface area (Å²) in [7, 11) is 0. The lowest BCUT2D eigenvalue weighted by atomic mass is 10.0. The van der Waals surface area contributed by atoms with Crippen molar-refractivity contribution in [3.05, 3.63) is 59.3 Å². The van der Waals surface area contributed by atoms with Crippen LogP contribution in [0, 0.1) is 5.92 Å². The Labute approximate surface area is 156 Å². The normalized spacial score (nSPS) is 14.0. The van der Waals surface area contributed by atoms with Gasteiger partial charge in [0.15, 0.2) is 0 Å². The van der Waals surface area contributed by atoms with Gasteiger partial charge in [-0.2, -0.15) is 0 Å². The number of pyridine rings is 1. The van der Waals surface area contributed by atoms with Crippen LogP contribution in [0.25, 0.3) is 0 Å². The van der Waals surface area contributed by atoms with Crippen molar-refractivity contribution in [2.45, 2.75) is 46.1 Å². The number of aromatic nitrogens is 1. The van der Waals surface area contributed by atoms with E-state index in [1.807, 2.05) is 12.3 Å². The number of anilines is 1. The Morgan fingerprint density at radius 2 is 1.77 bits per heavy atom. The molecular formula is C22H29N3O. The van der Waals surface area contributed by atoms with Crippen LogP contribution >= 0.6 is 0 Å². The number of nitrogens with zero attached hydrogens (tertiary/aromatic N) is 2. The summed E-state index contributed by atoms with van der Waals surface area (Å²) in [5.74, 6) is 1.73. The van der Waals surface area contributed by atoms with E-state index in [2.05, 4.69) is 59.4 Å². The van der Waals surface area contributed by atoms with Gasteiger partial charge in [0.2, 0.25) is 5.91 Å². The van der Waals surface area contributed by atoms with Gasteiger partial charge in [0.25, 0.3) is 0 Å². The van der Waals surface area contributed by atoms with Gasteiger partial charge in [0, 0.05) is 25.8 Å². The quantitative estimate of drug-likeness (QED) is 0.826. The summed E-state index contributed by atoms with van der Waals surface area (Å²) >= 11 is 0. The summed E-state index contributed by atoms with van der Waals surface area (Å²) in [6, 6.07) is 12.5. The largest absolute Gasteiger partial charge is 0.357 e. The lowest BCUT2D eigenvalue weighted by Gasteiger charge is -2.17. The number of rotatable bonds is 7. The molecule has 2 heterocycles. The molecule has 1 aromatic carbocycles. The number of carbonyl (C=O) groups is 1. The molecule has 0 aliphatic carbocycles. The van der Waals surface area contributed by atoms with Crippen LogP contribution in [-0.4, -0.2) is 24.0 Å². The smallest absolute Gasteiger partial charge is 0.224 e. The fourth-order valence-corrected chi connectivity index (χ4v) is 3.40. The first-order valence-electron chi connectivity index (χ1n) is 9.64. The van der Waals surface area contributed by atoms with Crippen molar-refractivity contribution < 1.29 is 4.79 Å². The molecule has 1 N–H and O–H groups in total. The Morgan fingerprint density at radius 3 is 2.46 bits per heavy atom. The molecule has 1 aromatic heterocycles. The number of hydrogen-bond acceptors (Lipinski definition) is 3. The maximum absolute atomic E-state index is 12.3. The maximum atomic E-state index is 12.3. The third-order valence-electron chi connectivity index (χ3n) is 4.76. The summed E-state index contributed by atoms with van der Waals surface area (Å²) in [5.41, 5.74) is 3.49. The fourth-order valence-electron chi connectivity index (χ4n) is 3.40. The molecular weight excluding hydrogens is 322 g/mol. The Morgan fingerprint density at radius 1 is 1.08 bits per heavy atom. The molecule has 1 fully saturated rings. The van der Waals surface area contributed by atoms with E-state index >= 15 is 0 Å². The Bertz CT molecular complexity index is 718. The third kappa shape index (κ3) is 5.32. The van der Waals surface area contributed by atoms with E-state index in [-0.39, 0.29) is 5.91 Å². The van der Waals surface area contributed by atoms with Crippen LogP contribution in [0.5, 0.6) is 0 Å². The van der Waals surface area contributed by atoms with Gasteiger partial charge >= 0.3 is 0 Å². The standard InChI is InChI=1S/C22H29N3O/c1-17(2)13-18-5-7-19(8-6-18)15-22(26)24-16-20-9-10-23-21(14-20)25-11-3-4-12-25/h5-10,14,17H,3-4,11-13,15-16H2,1-2H3,(H,24,26). The van der Waals surface area contributed by atoms with Gasteiger partial charge in [-0.05, 0) is 54.0 Å². The van der Waals surface area contributed by atoms with Crippen molar-refractivity contribution in [2.24, 2.45) is 5.92 Å². The monoisotopic (exact) mass is 351 g/mol. The summed E-state index contributed by atoms with van der Waals surface area (Å²) in [6.07, 6.45) is 5.81. The van der Waals surface area contributed by atoms with Crippen molar-refractivity contribution in [3.63, 3.8) is 0 Å². The van der Waals surface area contributed by atoms with E-state index in [0.717, 1.165) is 36.5 Å². The number of benzene rings is 1. The third-order valence-corrected chi connectivity index (χ3v) is 4.76. The number of carbonyl (C=O) groups excluding carboxylic acids is 1. The molecule has 0 unspecified atom stereocenters. The highest BCUT2D eigenvalue weighted by Crippen LogP contribution is 2.18. The Hall–Kier alpha value is -2.36. The molecule has 0 radical (unpaired) electrons. The number of hydrogen-bond donors (Lipinski definition) is 1. The van der Waals surface area contributed by atoms with Gasteiger partial charge in [0.1, 0.15) is 5.82 Å². The molecule has 138 valence electrons. The van der Waals surface area contributed by atoms with Crippen LogP contribution in [0.2, 0.25) is 0 Å². The minimum atomic E-state index is 0.0566. The summed E-state index contributed by atoms with van der Waals surface area (Å²) in [4.78, 5) is 19.0. The zero-order valence-corrected chi connectivity index (χ0v) is 15.9. The van der Waals surface area contributed by atoms with Crippen molar-refractivity contribution in [1.29, 1.82) is 0 Å². The van der Waals surface area contributed by atoms with Gasteiger partial charge in [-0.1, -0.05) is 38.1 Å². The van der Waals surface area contributed by atoms with Crippen molar-refractivity contribution in [1.82, 2.24) is 10.3 Å². The highest BCUT2D eigenvalue weighted by molar-refractivity contribution is 5.78. The summed E-state index contributed by atoms with van der Waals surface area (Å²) < 4.78 is 0. The highest BCUT2D eigenvalue weighted by Gasteiger charge is 2.13. The van der Waals surface area contributed by atoms with Crippen molar-refractivity contribution in [3.8, 4) is 0 Å². The van der Waals surface area contributed by atoms with E-state index in [4.69, 9.17) is 0 Å². The molecule has 0 saturated carbocycles. The lowest BCUT2D eigenvalue weighted by Crippen LogP contribution is -2.25. The van der Waals surface area contributed by atoms with E-state index in [1.165, 1.54) is 18.4 Å². The summed E-state index contributed by atoms with van der Waals surface area (Å²) in [5, 5.41) is 3.03. The summed E-state index contributed by atoms with van der Waals surface area (Å²) in [6.45, 7) is 7.14. The Balaban J connectivity index is 1.50. The topological polar surface area (TPSA) is 45.2 Å². The van der Waals surface area contributed by atoms with E-state index in [1.54, 1.807) is 0 Å². The first kappa shape index (κ1) is 18.4. The Kier molecular flexibility index (Phi) is 6.26. The second-order valence-corrected chi connectivity index (χ2v) is 7.58. The van der Waals surface area contributed by atoms with Crippen molar-refractivity contribution in [2.75, 3.05) is 18.0 Å². The van der Waals surface area contributed by atoms with Crippen LogP contribution in [0.1, 0.15) is 43.4 Å². The number of amides is 1. The molecule has 4 nitrogen and oxygen atoms in total. The van der Waals surface area contributed by atoms with E-state index < -0.39 is 0 Å². The first-order valence-corrected chi connectivity index (χ1v) is 9.64. The second kappa shape index (κ2) is 8.84. The molecule has 1 amide bonds. The molecule has 26 heavy (non-hydrogen) atoms. The molecule has 0 bridgehead atoms. The molecule has 0 spiro atoms. The second-order valence-electron chi connectivity index (χ2n) is 7.58. The molecule has 0 atom stereocenters. The van der Waals surface area contributed by atoms with Crippen LogP contribution in [0.4, 0.5) is 5.82 Å². The molecule has 3 rings (SSSR count). The van der Waals surface area contributed by atoms with Crippen molar-refractivity contribution >= 4 is 11.7 Å². The molecule has 4 heteroatoms. The SMILES string of the molecule is CC(C)Cc1ccc(CC(=O)NCc2ccnc(N3CCCC3)c2)cc1. The molecule has 1 saturated heterocycles. The van der Waals surface area contributed by atoms with Crippen LogP contribution in [-0.2, 0) is 24.2 Å². The van der Waals surface area contributed by atoms with Gasteiger partial charge in [-0.25, -0.2) is 4.98 Å². The van der Waals surface area contributed by atoms with Crippen LogP contribution < -0.4 is 10.2 Å². The molecule has 1 aliphatic rings. The van der Waals surface area contributed by atoms with Gasteiger partial charge in [-0.3, -0.25) is 4.79 Å². The molecule has 2 aromatic rings. The fraction of sp³-hybridized carbons (Fsp3) is 0.455.